The Kier molecular flexibility index (Phi) is 18.5. The van der Waals surface area contributed by atoms with Crippen LogP contribution in [-0.4, -0.2) is 177 Å². The number of nitrogens with two attached hydrogens (primary N) is 1. The molecule has 0 aliphatic carbocycles. The number of amides is 4. The molecule has 23 heteroatoms. The molecule has 18 nitrogen and oxygen atoms in total. The first kappa shape index (κ1) is 51.0. The summed E-state index contributed by atoms with van der Waals surface area (Å²) in [5, 5.41) is 16.2. The zero-order chi connectivity index (χ0) is 48.1. The average Bonchev–Trinajstić information content (AvgIpc) is 4.05. The summed E-state index contributed by atoms with van der Waals surface area (Å²) in [5.74, 6) is 0.247. The second-order valence-electron chi connectivity index (χ2n) is 17.6. The van der Waals surface area contributed by atoms with Crippen LogP contribution in [0.3, 0.4) is 0 Å². The van der Waals surface area contributed by atoms with Gasteiger partial charge < -0.3 is 61.2 Å². The molecule has 8 rings (SSSR count). The van der Waals surface area contributed by atoms with Crippen molar-refractivity contribution >= 4 is 84.6 Å². The monoisotopic (exact) mass is 1020 g/mol. The van der Waals surface area contributed by atoms with Crippen molar-refractivity contribution in [3.8, 4) is 17.1 Å². The highest BCUT2D eigenvalue weighted by Crippen LogP contribution is 2.43. The van der Waals surface area contributed by atoms with E-state index in [-0.39, 0.29) is 73.8 Å². The molecule has 0 saturated carbocycles. The van der Waals surface area contributed by atoms with E-state index in [4.69, 9.17) is 36.5 Å². The predicted molar refractivity (Wildman–Crippen MR) is 266 cm³/mol. The van der Waals surface area contributed by atoms with Crippen molar-refractivity contribution in [2.75, 3.05) is 128 Å². The van der Waals surface area contributed by atoms with E-state index in [0.29, 0.717) is 87.7 Å². The molecule has 376 valence electrons. The number of benzene rings is 2. The fraction of sp³-hybridized carbons (Fsp3) is 0.609. The van der Waals surface area contributed by atoms with E-state index in [0.717, 1.165) is 102 Å². The Balaban J connectivity index is 0.664. The van der Waals surface area contributed by atoms with Crippen molar-refractivity contribution in [1.82, 2.24) is 51.3 Å². The Bertz CT molecular complexity index is 2390. The van der Waals surface area contributed by atoms with Crippen LogP contribution >= 0.6 is 34.7 Å². The molecule has 69 heavy (non-hydrogen) atoms. The Labute approximate surface area is 413 Å². The number of unbranched alkanes of at least 4 members (excludes halogenated alkanes) is 1. The van der Waals surface area contributed by atoms with Crippen molar-refractivity contribution < 1.29 is 37.4 Å². The van der Waals surface area contributed by atoms with E-state index in [2.05, 4.69) is 51.3 Å². The van der Waals surface area contributed by atoms with Gasteiger partial charge in [-0.15, -0.1) is 0 Å². The van der Waals surface area contributed by atoms with Gasteiger partial charge in [-0.2, -0.15) is 21.7 Å². The number of hydrogen-bond donors (Lipinski definition) is 6. The lowest BCUT2D eigenvalue weighted by Gasteiger charge is -2.34. The van der Waals surface area contributed by atoms with E-state index in [1.54, 1.807) is 6.07 Å². The van der Waals surface area contributed by atoms with Crippen molar-refractivity contribution in [2.45, 2.75) is 62.3 Å². The van der Waals surface area contributed by atoms with Crippen LogP contribution in [0.4, 0.5) is 24.5 Å². The number of urea groups is 1. The van der Waals surface area contributed by atoms with Gasteiger partial charge in [-0.25, -0.2) is 18.6 Å². The van der Waals surface area contributed by atoms with Gasteiger partial charge in [0.15, 0.2) is 10.9 Å². The molecule has 4 saturated heterocycles. The highest BCUT2D eigenvalue weighted by atomic mass is 35.5. The van der Waals surface area contributed by atoms with Gasteiger partial charge in [0.2, 0.25) is 11.8 Å². The van der Waals surface area contributed by atoms with Gasteiger partial charge in [-0.1, -0.05) is 29.4 Å². The van der Waals surface area contributed by atoms with Crippen molar-refractivity contribution in [1.29, 1.82) is 0 Å². The fourth-order valence-electron chi connectivity index (χ4n) is 9.21. The van der Waals surface area contributed by atoms with Gasteiger partial charge in [0.25, 0.3) is 0 Å². The Morgan fingerprint density at radius 2 is 1.55 bits per heavy atom. The van der Waals surface area contributed by atoms with Crippen LogP contribution in [0, 0.1) is 11.6 Å². The fourth-order valence-corrected chi connectivity index (χ4v) is 11.8. The van der Waals surface area contributed by atoms with E-state index in [1.165, 1.54) is 12.1 Å². The van der Waals surface area contributed by atoms with E-state index < -0.39 is 11.6 Å². The number of nitrogens with zero attached hydrogens (tertiary/aromatic N) is 6. The lowest BCUT2D eigenvalue weighted by Crippen LogP contribution is -2.47. The quantitative estimate of drug-likeness (QED) is 0.0410. The van der Waals surface area contributed by atoms with E-state index in [9.17, 15) is 18.8 Å². The summed E-state index contributed by atoms with van der Waals surface area (Å²) in [4.78, 5) is 56.5. The first-order valence-corrected chi connectivity index (χ1v) is 26.3. The predicted octanol–water partition coefficient (Wildman–Crippen LogP) is 3.99. The third kappa shape index (κ3) is 13.7. The van der Waals surface area contributed by atoms with E-state index >= 15 is 4.39 Å². The third-order valence-electron chi connectivity index (χ3n) is 12.8. The van der Waals surface area contributed by atoms with Gasteiger partial charge in [0.05, 0.1) is 53.8 Å². The number of anilines is 2. The second kappa shape index (κ2) is 25.1. The summed E-state index contributed by atoms with van der Waals surface area (Å²) in [6, 6.07) is 4.81. The summed E-state index contributed by atoms with van der Waals surface area (Å²) in [7, 11) is 0. The second-order valence-corrected chi connectivity index (χ2v) is 20.3. The molecule has 0 spiro atoms. The van der Waals surface area contributed by atoms with Gasteiger partial charge >= 0.3 is 12.0 Å². The number of piperazine rings is 2. The van der Waals surface area contributed by atoms with Crippen molar-refractivity contribution in [2.24, 2.45) is 0 Å². The summed E-state index contributed by atoms with van der Waals surface area (Å²) in [6.07, 6.45) is 5.11. The third-order valence-corrected chi connectivity index (χ3v) is 15.5. The van der Waals surface area contributed by atoms with Gasteiger partial charge in [0.1, 0.15) is 17.2 Å². The average molecular weight is 1020 g/mol. The molecule has 0 bridgehead atoms. The number of fused-ring (bicyclic) bond motifs is 3. The number of hydrogen-bond acceptors (Lipinski definition) is 16. The van der Waals surface area contributed by atoms with E-state index in [1.807, 2.05) is 11.8 Å². The molecular weight excluding hydrogens is 954 g/mol. The maximum atomic E-state index is 16.7. The van der Waals surface area contributed by atoms with Crippen LogP contribution < -0.4 is 42.0 Å². The molecule has 4 amide bonds. The molecule has 3 atom stereocenters. The van der Waals surface area contributed by atoms with Gasteiger partial charge in [-0.3, -0.25) is 9.59 Å². The van der Waals surface area contributed by atoms with Crippen molar-refractivity contribution in [3.63, 3.8) is 0 Å². The number of aromatic nitrogens is 3. The molecule has 0 unspecified atom stereocenters. The zero-order valence-electron chi connectivity index (χ0n) is 38.8. The molecule has 7 N–H and O–H groups in total. The minimum atomic E-state index is -0.667. The molecule has 4 aromatic rings. The molecular formula is C46H63ClF2N12O6S2. The highest BCUT2D eigenvalue weighted by Gasteiger charge is 2.42. The summed E-state index contributed by atoms with van der Waals surface area (Å²) in [5.41, 5.74) is 6.62. The van der Waals surface area contributed by atoms with Gasteiger partial charge in [-0.05, 0) is 43.9 Å². The van der Waals surface area contributed by atoms with Crippen LogP contribution in [0.25, 0.3) is 32.2 Å². The molecule has 6 heterocycles. The lowest BCUT2D eigenvalue weighted by molar-refractivity contribution is -0.122. The maximum Gasteiger partial charge on any atom is 0.319 e. The zero-order valence-corrected chi connectivity index (χ0v) is 41.2. The topological polar surface area (TPSA) is 213 Å². The van der Waals surface area contributed by atoms with Crippen LogP contribution in [0.15, 0.2) is 18.2 Å². The number of carbonyl (C=O) groups excluding carboxylic acids is 3. The van der Waals surface area contributed by atoms with Gasteiger partial charge in [0, 0.05) is 126 Å². The first-order chi connectivity index (χ1) is 33.6. The van der Waals surface area contributed by atoms with Crippen LogP contribution in [0.5, 0.6) is 6.01 Å². The Morgan fingerprint density at radius 3 is 2.30 bits per heavy atom. The van der Waals surface area contributed by atoms with Crippen LogP contribution in [0.2, 0.25) is 5.02 Å². The molecule has 4 aliphatic rings. The minimum Gasteiger partial charge on any atom is -0.463 e. The number of ether oxygens (including phenoxy) is 3. The summed E-state index contributed by atoms with van der Waals surface area (Å²) in [6.45, 7) is 11.2. The molecule has 0 radical (unpaired) electrons. The molecule has 4 fully saturated rings. The summed E-state index contributed by atoms with van der Waals surface area (Å²) >= 11 is 9.67. The number of thiazole rings is 1. The Hall–Kier alpha value is -4.42. The lowest BCUT2D eigenvalue weighted by atomic mass is 10.0. The number of nitrogens with one attached hydrogen (secondary N) is 5. The molecule has 4 aliphatic heterocycles. The van der Waals surface area contributed by atoms with Crippen LogP contribution in [0.1, 0.15) is 44.9 Å². The minimum absolute atomic E-state index is 0.00762. The number of halogens is 3. The first-order valence-electron chi connectivity index (χ1n) is 24.1. The molecule has 2 aromatic carbocycles. The summed E-state index contributed by atoms with van der Waals surface area (Å²) < 4.78 is 49.0. The molecule has 2 aromatic heterocycles. The normalized spacial score (nSPS) is 19.8. The number of thioether (sulfide) groups is 1. The smallest absolute Gasteiger partial charge is 0.319 e. The number of rotatable bonds is 25. The maximum absolute atomic E-state index is 16.7. The Morgan fingerprint density at radius 1 is 0.841 bits per heavy atom. The largest absolute Gasteiger partial charge is 0.463 e. The number of carbonyl (C=O) groups is 3. The SMILES string of the molecule is Nc1nc2c(-c3c(Cl)cc4c(N5CCNCC5)nc(OCCCN5CCN(CCCOCCC(=O)NCCOCCNC(=O)CCCC[C@@H]6SC[C@@H]7NC(=O)N[C@@H]76)CC5)nc4c3F)ccc(F)c2s1. The van der Waals surface area contributed by atoms with Crippen molar-refractivity contribution in [3.05, 3.63) is 34.9 Å². The highest BCUT2D eigenvalue weighted by molar-refractivity contribution is 8.00. The van der Waals surface area contributed by atoms with Crippen LogP contribution in [-0.2, 0) is 19.1 Å². The number of nitrogen functional groups attached to an aromatic ring is 1. The standard InChI is InChI=1S/C46H63ClF2N12O6S2/c47-31-27-30-39(38(49)37(31)29-7-8-32(48)42-40(29)55-44(50)69-42)57-46(58-43(30)61-16-10-51-11-17-61)67-23-4-15-60-20-18-59(19-21-60)14-3-22-65-24-9-36(63)53-13-26-66-25-12-52-35(62)6-2-1-5-34-41-33(28-68-34)54-45(64)56-41/h7-8,27,33-34,41,51H,1-6,9-26,28H2,(H2,50,55)(H,52,62)(H,53,63)(H2,54,56,64)/t33-,34-,41-/m0/s1.